The number of esters is 1. The van der Waals surface area contributed by atoms with Crippen molar-refractivity contribution in [2.75, 3.05) is 0 Å². The normalized spacial score (nSPS) is 39.5. The number of hydrogen-bond acceptors (Lipinski definition) is 3. The van der Waals surface area contributed by atoms with Crippen LogP contribution >= 0.6 is 0 Å². The van der Waals surface area contributed by atoms with Gasteiger partial charge in [-0.3, -0.25) is 0 Å². The van der Waals surface area contributed by atoms with Gasteiger partial charge in [0.15, 0.2) is 0 Å². The predicted molar refractivity (Wildman–Crippen MR) is 85.9 cm³/mol. The van der Waals surface area contributed by atoms with Crippen LogP contribution in [0.1, 0.15) is 65.7 Å². The highest BCUT2D eigenvalue weighted by Crippen LogP contribution is 2.71. The van der Waals surface area contributed by atoms with Crippen LogP contribution in [0.25, 0.3) is 0 Å². The smallest absolute Gasteiger partial charge is 0.335 e. The second-order valence-electron chi connectivity index (χ2n) is 8.10. The molecular weight excluding hydrogens is 276 g/mol. The van der Waals surface area contributed by atoms with Crippen LogP contribution in [-0.4, -0.2) is 17.4 Å². The minimum atomic E-state index is -0.981. The van der Waals surface area contributed by atoms with Gasteiger partial charge in [0.05, 0.1) is 0 Å². The number of hydrogen-bond donors (Lipinski definition) is 1. The summed E-state index contributed by atoms with van der Waals surface area (Å²) < 4.78 is 5.47. The van der Waals surface area contributed by atoms with E-state index in [1.807, 2.05) is 0 Å². The number of aliphatic hydroxyl groups excluding tert-OH is 1. The van der Waals surface area contributed by atoms with Gasteiger partial charge >= 0.3 is 5.97 Å². The summed E-state index contributed by atoms with van der Waals surface area (Å²) in [6.07, 6.45) is 7.11. The highest BCUT2D eigenvalue weighted by atomic mass is 16.6. The van der Waals surface area contributed by atoms with E-state index in [2.05, 4.69) is 20.4 Å². The van der Waals surface area contributed by atoms with Crippen LogP contribution in [0.2, 0.25) is 0 Å². The van der Waals surface area contributed by atoms with Crippen LogP contribution in [0.15, 0.2) is 12.2 Å². The fraction of sp³-hybridized carbons (Fsp3) is 0.842. The van der Waals surface area contributed by atoms with Gasteiger partial charge in [-0.25, -0.2) is 4.79 Å². The molecule has 4 bridgehead atoms. The molecule has 4 aliphatic carbocycles. The summed E-state index contributed by atoms with van der Waals surface area (Å²) in [5.41, 5.74) is 0.244. The van der Waals surface area contributed by atoms with Crippen LogP contribution in [0.4, 0.5) is 0 Å². The minimum absolute atomic E-state index is 0.120. The summed E-state index contributed by atoms with van der Waals surface area (Å²) in [6.45, 7) is 9.79. The van der Waals surface area contributed by atoms with E-state index in [1.165, 1.54) is 19.3 Å². The number of aliphatic hydroxyl groups is 1. The first-order chi connectivity index (χ1) is 10.4. The minimum Gasteiger partial charge on any atom is -0.432 e. The van der Waals surface area contributed by atoms with Gasteiger partial charge in [-0.1, -0.05) is 20.4 Å². The number of carbonyl (C=O) groups excluding carboxylic acids is 1. The summed E-state index contributed by atoms with van der Waals surface area (Å²) in [6, 6.07) is 0. The van der Waals surface area contributed by atoms with Gasteiger partial charge in [0, 0.05) is 11.0 Å². The summed E-state index contributed by atoms with van der Waals surface area (Å²) in [4.78, 5) is 12.0. The molecule has 0 radical (unpaired) electrons. The van der Waals surface area contributed by atoms with E-state index < -0.39 is 12.3 Å². The molecule has 3 heteroatoms. The lowest BCUT2D eigenvalue weighted by atomic mass is 9.37. The zero-order valence-electron chi connectivity index (χ0n) is 14.2. The summed E-state index contributed by atoms with van der Waals surface area (Å²) >= 11 is 0. The van der Waals surface area contributed by atoms with Crippen molar-refractivity contribution in [2.45, 2.75) is 72.0 Å². The predicted octanol–water partition coefficient (Wildman–Crippen LogP) is 4.06. The van der Waals surface area contributed by atoms with Crippen molar-refractivity contribution in [3.05, 3.63) is 12.2 Å². The molecule has 0 aliphatic heterocycles. The van der Waals surface area contributed by atoms with Gasteiger partial charge in [0.1, 0.15) is 0 Å². The maximum absolute atomic E-state index is 12.0. The monoisotopic (exact) mass is 306 g/mol. The lowest BCUT2D eigenvalue weighted by Gasteiger charge is -2.68. The lowest BCUT2D eigenvalue weighted by molar-refractivity contribution is -0.283. The Morgan fingerprint density at radius 2 is 1.77 bits per heavy atom. The fourth-order valence-electron chi connectivity index (χ4n) is 6.57. The number of rotatable bonds is 5. The molecule has 22 heavy (non-hydrogen) atoms. The number of ether oxygens (including phenoxy) is 1. The molecule has 4 rings (SSSR count). The van der Waals surface area contributed by atoms with Gasteiger partial charge in [-0.15, -0.1) is 0 Å². The van der Waals surface area contributed by atoms with Gasteiger partial charge in [-0.05, 0) is 75.0 Å². The van der Waals surface area contributed by atoms with Crippen LogP contribution in [-0.2, 0) is 9.53 Å². The van der Waals surface area contributed by atoms with Crippen molar-refractivity contribution in [1.82, 2.24) is 0 Å². The SMILES string of the molecule is C=C(C)C(=O)OC(O)C12CC3CC(CC(C3)C1(CC)CC)C2. The Balaban J connectivity index is 1.96. The quantitative estimate of drug-likeness (QED) is 0.473. The van der Waals surface area contributed by atoms with E-state index in [1.54, 1.807) is 6.92 Å². The van der Waals surface area contributed by atoms with Crippen LogP contribution in [0, 0.1) is 28.6 Å². The maximum Gasteiger partial charge on any atom is 0.335 e. The molecule has 1 N–H and O–H groups in total. The highest BCUT2D eigenvalue weighted by Gasteiger charge is 2.67. The molecule has 0 saturated heterocycles. The Morgan fingerprint density at radius 3 is 2.23 bits per heavy atom. The average Bonchev–Trinajstić information content (AvgIpc) is 2.47. The van der Waals surface area contributed by atoms with Crippen molar-refractivity contribution < 1.29 is 14.6 Å². The Labute approximate surface area is 134 Å². The summed E-state index contributed by atoms with van der Waals surface area (Å²) in [7, 11) is 0. The van der Waals surface area contributed by atoms with Crippen molar-refractivity contribution in [2.24, 2.45) is 28.6 Å². The third kappa shape index (κ3) is 2.01. The molecule has 4 aliphatic rings. The van der Waals surface area contributed by atoms with Crippen molar-refractivity contribution >= 4 is 5.97 Å². The second-order valence-corrected chi connectivity index (χ2v) is 8.10. The van der Waals surface area contributed by atoms with Crippen LogP contribution in [0.3, 0.4) is 0 Å². The molecule has 0 aromatic carbocycles. The first-order valence-corrected chi connectivity index (χ1v) is 8.93. The average molecular weight is 306 g/mol. The third-order valence-corrected chi connectivity index (χ3v) is 7.28. The van der Waals surface area contributed by atoms with Crippen molar-refractivity contribution in [3.8, 4) is 0 Å². The molecular formula is C19H30O3. The second kappa shape index (κ2) is 5.36. The van der Waals surface area contributed by atoms with Crippen LogP contribution < -0.4 is 0 Å². The zero-order valence-corrected chi connectivity index (χ0v) is 14.2. The van der Waals surface area contributed by atoms with Gasteiger partial charge < -0.3 is 9.84 Å². The molecule has 3 unspecified atom stereocenters. The van der Waals surface area contributed by atoms with E-state index in [0.29, 0.717) is 23.3 Å². The molecule has 3 atom stereocenters. The van der Waals surface area contributed by atoms with Crippen molar-refractivity contribution in [1.29, 1.82) is 0 Å². The van der Waals surface area contributed by atoms with Gasteiger partial charge in [-0.2, -0.15) is 0 Å². The van der Waals surface area contributed by atoms with Gasteiger partial charge in [0.2, 0.25) is 6.29 Å². The Morgan fingerprint density at radius 1 is 1.23 bits per heavy atom. The number of carbonyl (C=O) groups is 1. The van der Waals surface area contributed by atoms with Gasteiger partial charge in [0.25, 0.3) is 0 Å². The maximum atomic E-state index is 12.0. The first kappa shape index (κ1) is 16.0. The zero-order chi connectivity index (χ0) is 16.1. The topological polar surface area (TPSA) is 46.5 Å². The van der Waals surface area contributed by atoms with Crippen molar-refractivity contribution in [3.63, 3.8) is 0 Å². The summed E-state index contributed by atoms with van der Waals surface area (Å²) in [5, 5.41) is 10.9. The van der Waals surface area contributed by atoms with E-state index in [0.717, 1.165) is 25.7 Å². The Bertz CT molecular complexity index is 463. The molecule has 0 heterocycles. The van der Waals surface area contributed by atoms with Crippen LogP contribution in [0.5, 0.6) is 0 Å². The third-order valence-electron chi connectivity index (χ3n) is 7.28. The largest absolute Gasteiger partial charge is 0.432 e. The Hall–Kier alpha value is -0.830. The Kier molecular flexibility index (Phi) is 3.91. The van der Waals surface area contributed by atoms with E-state index >= 15 is 0 Å². The standard InChI is InChI=1S/C19H30O3/c1-5-18(6-2)15-8-13-7-14(9-15)11-19(18,10-13)17(21)22-16(20)12(3)4/h13-15,17,21H,3,5-11H2,1-2,4H3. The molecule has 4 saturated carbocycles. The van der Waals surface area contributed by atoms with E-state index in [9.17, 15) is 9.90 Å². The molecule has 4 fully saturated rings. The molecule has 0 amide bonds. The van der Waals surface area contributed by atoms with E-state index in [4.69, 9.17) is 4.74 Å². The molecule has 124 valence electrons. The highest BCUT2D eigenvalue weighted by molar-refractivity contribution is 5.87. The van der Waals surface area contributed by atoms with E-state index in [-0.39, 0.29) is 10.8 Å². The molecule has 0 aromatic rings. The molecule has 0 aromatic heterocycles. The first-order valence-electron chi connectivity index (χ1n) is 8.93. The molecule has 3 nitrogen and oxygen atoms in total. The molecule has 0 spiro atoms. The lowest BCUT2D eigenvalue weighted by Crippen LogP contribution is -2.64. The summed E-state index contributed by atoms with van der Waals surface area (Å²) in [5.74, 6) is 1.65. The fourth-order valence-corrected chi connectivity index (χ4v) is 6.57.